The average molecular weight is 359 g/mol. The lowest BCUT2D eigenvalue weighted by atomic mass is 10.0. The van der Waals surface area contributed by atoms with Crippen LogP contribution in [-0.4, -0.2) is 15.0 Å². The third-order valence-corrected chi connectivity index (χ3v) is 5.17. The molecule has 6 heteroatoms. The molecule has 0 atom stereocenters. The van der Waals surface area contributed by atoms with Crippen molar-refractivity contribution in [2.45, 2.75) is 44.7 Å². The minimum Gasteiger partial charge on any atom is -0.327 e. The molecule has 1 aliphatic rings. The topological polar surface area (TPSA) is 41.6 Å². The van der Waals surface area contributed by atoms with E-state index >= 15 is 0 Å². The Kier molecular flexibility index (Phi) is 4.42. The SMILES string of the molecule is FC(F)(F)c1cccc(-c2cnc3[nH]c(CCC4CCCC4)nc3c2)c1. The van der Waals surface area contributed by atoms with Gasteiger partial charge < -0.3 is 4.98 Å². The van der Waals surface area contributed by atoms with Crippen LogP contribution in [0.15, 0.2) is 36.5 Å². The standard InChI is InChI=1S/C20H20F3N3/c21-20(22,23)16-7-3-6-14(10-16)15-11-17-19(24-12-15)26-18(25-17)9-8-13-4-1-2-5-13/h3,6-7,10-13H,1-2,4-5,8-9H2,(H,24,25,26). The van der Waals surface area contributed by atoms with Gasteiger partial charge in [-0.2, -0.15) is 13.2 Å². The zero-order valence-corrected chi connectivity index (χ0v) is 14.3. The summed E-state index contributed by atoms with van der Waals surface area (Å²) in [4.78, 5) is 12.2. The molecule has 0 spiro atoms. The van der Waals surface area contributed by atoms with E-state index in [1.807, 2.05) is 0 Å². The number of pyridine rings is 1. The molecule has 3 nitrogen and oxygen atoms in total. The van der Waals surface area contributed by atoms with Crippen molar-refractivity contribution in [1.82, 2.24) is 15.0 Å². The first-order valence-electron chi connectivity index (χ1n) is 9.01. The van der Waals surface area contributed by atoms with Crippen molar-refractivity contribution in [2.24, 2.45) is 5.92 Å². The van der Waals surface area contributed by atoms with Crippen LogP contribution in [0.3, 0.4) is 0 Å². The molecule has 3 aromatic rings. The Bertz CT molecular complexity index is 908. The van der Waals surface area contributed by atoms with Crippen molar-refractivity contribution in [3.8, 4) is 11.1 Å². The van der Waals surface area contributed by atoms with Gasteiger partial charge >= 0.3 is 6.18 Å². The number of imidazole rings is 1. The third-order valence-electron chi connectivity index (χ3n) is 5.17. The molecule has 0 aliphatic heterocycles. The molecule has 1 saturated carbocycles. The monoisotopic (exact) mass is 359 g/mol. The number of H-pyrrole nitrogens is 1. The van der Waals surface area contributed by atoms with Gasteiger partial charge in [0.2, 0.25) is 0 Å². The van der Waals surface area contributed by atoms with Gasteiger partial charge in [0.1, 0.15) is 11.3 Å². The van der Waals surface area contributed by atoms with Gasteiger partial charge in [0.05, 0.1) is 5.56 Å². The number of aryl methyl sites for hydroxylation is 1. The summed E-state index contributed by atoms with van der Waals surface area (Å²) in [7, 11) is 0. The lowest BCUT2D eigenvalue weighted by Gasteiger charge is -2.08. The highest BCUT2D eigenvalue weighted by atomic mass is 19.4. The lowest BCUT2D eigenvalue weighted by molar-refractivity contribution is -0.137. The van der Waals surface area contributed by atoms with Crippen molar-refractivity contribution < 1.29 is 13.2 Å². The predicted molar refractivity (Wildman–Crippen MR) is 94.6 cm³/mol. The van der Waals surface area contributed by atoms with Crippen LogP contribution in [-0.2, 0) is 12.6 Å². The molecule has 2 heterocycles. The molecule has 4 rings (SSSR count). The second-order valence-corrected chi connectivity index (χ2v) is 7.04. The minimum atomic E-state index is -4.35. The molecular formula is C20H20F3N3. The maximum absolute atomic E-state index is 12.9. The first-order valence-corrected chi connectivity index (χ1v) is 9.01. The molecule has 136 valence electrons. The summed E-state index contributed by atoms with van der Waals surface area (Å²) < 4.78 is 38.8. The Hall–Kier alpha value is -2.37. The van der Waals surface area contributed by atoms with Gasteiger partial charge in [0, 0.05) is 18.2 Å². The van der Waals surface area contributed by atoms with Crippen molar-refractivity contribution >= 4 is 11.2 Å². The van der Waals surface area contributed by atoms with Crippen molar-refractivity contribution in [2.75, 3.05) is 0 Å². The number of aromatic amines is 1. The van der Waals surface area contributed by atoms with Crippen molar-refractivity contribution in [1.29, 1.82) is 0 Å². The van der Waals surface area contributed by atoms with E-state index in [0.717, 1.165) is 36.7 Å². The molecular weight excluding hydrogens is 339 g/mol. The highest BCUT2D eigenvalue weighted by molar-refractivity contribution is 5.78. The molecule has 2 aromatic heterocycles. The van der Waals surface area contributed by atoms with Crippen LogP contribution in [0.4, 0.5) is 13.2 Å². The largest absolute Gasteiger partial charge is 0.416 e. The van der Waals surface area contributed by atoms with Crippen LogP contribution in [0.1, 0.15) is 43.5 Å². The second kappa shape index (κ2) is 6.74. The average Bonchev–Trinajstić information content (AvgIpc) is 3.27. The Morgan fingerprint density at radius 2 is 1.88 bits per heavy atom. The maximum atomic E-state index is 12.9. The zero-order valence-electron chi connectivity index (χ0n) is 14.3. The number of alkyl halides is 3. The molecule has 0 radical (unpaired) electrons. The summed E-state index contributed by atoms with van der Waals surface area (Å²) in [6.45, 7) is 0. The maximum Gasteiger partial charge on any atom is 0.416 e. The number of halogens is 3. The second-order valence-electron chi connectivity index (χ2n) is 7.04. The van der Waals surface area contributed by atoms with E-state index in [1.165, 1.54) is 31.7 Å². The first kappa shape index (κ1) is 17.1. The molecule has 0 amide bonds. The summed E-state index contributed by atoms with van der Waals surface area (Å²) in [5.74, 6) is 1.69. The number of benzene rings is 1. The van der Waals surface area contributed by atoms with Gasteiger partial charge in [0.25, 0.3) is 0 Å². The van der Waals surface area contributed by atoms with E-state index in [9.17, 15) is 13.2 Å². The fraction of sp³-hybridized carbons (Fsp3) is 0.400. The van der Waals surface area contributed by atoms with Gasteiger partial charge in [-0.05, 0) is 36.1 Å². The van der Waals surface area contributed by atoms with Crippen molar-refractivity contribution in [3.05, 3.63) is 47.9 Å². The van der Waals surface area contributed by atoms with E-state index in [1.54, 1.807) is 18.3 Å². The Morgan fingerprint density at radius 3 is 2.65 bits per heavy atom. The van der Waals surface area contributed by atoms with E-state index < -0.39 is 11.7 Å². The molecule has 1 fully saturated rings. The third kappa shape index (κ3) is 3.59. The highest BCUT2D eigenvalue weighted by Crippen LogP contribution is 2.32. The van der Waals surface area contributed by atoms with E-state index in [0.29, 0.717) is 22.3 Å². The van der Waals surface area contributed by atoms with Crippen LogP contribution >= 0.6 is 0 Å². The van der Waals surface area contributed by atoms with Crippen LogP contribution in [0.5, 0.6) is 0 Å². The fourth-order valence-corrected chi connectivity index (χ4v) is 3.74. The fourth-order valence-electron chi connectivity index (χ4n) is 3.74. The van der Waals surface area contributed by atoms with Gasteiger partial charge in [-0.15, -0.1) is 0 Å². The summed E-state index contributed by atoms with van der Waals surface area (Å²) in [5.41, 5.74) is 1.85. The number of nitrogens with zero attached hydrogens (tertiary/aromatic N) is 2. The van der Waals surface area contributed by atoms with E-state index in [-0.39, 0.29) is 0 Å². The smallest absolute Gasteiger partial charge is 0.327 e. The predicted octanol–water partition coefficient (Wildman–Crippen LogP) is 5.77. The Morgan fingerprint density at radius 1 is 1.08 bits per heavy atom. The summed E-state index contributed by atoms with van der Waals surface area (Å²) in [6, 6.07) is 7.10. The van der Waals surface area contributed by atoms with Crippen LogP contribution in [0, 0.1) is 5.92 Å². The number of hydrogen-bond acceptors (Lipinski definition) is 2. The molecule has 26 heavy (non-hydrogen) atoms. The van der Waals surface area contributed by atoms with Gasteiger partial charge in [-0.1, -0.05) is 37.8 Å². The van der Waals surface area contributed by atoms with Gasteiger partial charge in [-0.3, -0.25) is 0 Å². The molecule has 0 bridgehead atoms. The number of nitrogens with one attached hydrogen (secondary N) is 1. The van der Waals surface area contributed by atoms with E-state index in [2.05, 4.69) is 15.0 Å². The van der Waals surface area contributed by atoms with Gasteiger partial charge in [0.15, 0.2) is 5.65 Å². The molecule has 1 aliphatic carbocycles. The number of rotatable bonds is 4. The number of fused-ring (bicyclic) bond motifs is 1. The molecule has 1 aromatic carbocycles. The number of hydrogen-bond donors (Lipinski definition) is 1. The molecule has 0 saturated heterocycles. The number of aromatic nitrogens is 3. The quantitative estimate of drug-likeness (QED) is 0.643. The Balaban J connectivity index is 1.57. The minimum absolute atomic E-state index is 0.490. The summed E-state index contributed by atoms with van der Waals surface area (Å²) in [5, 5.41) is 0. The van der Waals surface area contributed by atoms with Crippen LogP contribution in [0.2, 0.25) is 0 Å². The highest BCUT2D eigenvalue weighted by Gasteiger charge is 2.30. The normalized spacial score (nSPS) is 15.8. The van der Waals surface area contributed by atoms with E-state index in [4.69, 9.17) is 0 Å². The molecule has 1 N–H and O–H groups in total. The summed E-state index contributed by atoms with van der Waals surface area (Å²) >= 11 is 0. The Labute approximate surface area is 149 Å². The van der Waals surface area contributed by atoms with Crippen molar-refractivity contribution in [3.63, 3.8) is 0 Å². The lowest BCUT2D eigenvalue weighted by Crippen LogP contribution is -2.04. The van der Waals surface area contributed by atoms with Crippen LogP contribution < -0.4 is 0 Å². The summed E-state index contributed by atoms with van der Waals surface area (Å²) in [6.07, 6.45) is 4.51. The molecule has 0 unspecified atom stereocenters. The first-order chi connectivity index (χ1) is 12.5. The van der Waals surface area contributed by atoms with Crippen LogP contribution in [0.25, 0.3) is 22.3 Å². The van der Waals surface area contributed by atoms with Gasteiger partial charge in [-0.25, -0.2) is 9.97 Å². The zero-order chi connectivity index (χ0) is 18.1.